The van der Waals surface area contributed by atoms with Crippen molar-refractivity contribution in [1.29, 1.82) is 0 Å². The number of hydrogen-bond acceptors (Lipinski definition) is 6. The molecule has 2 aromatic heterocycles. The Balaban J connectivity index is 1.54. The van der Waals surface area contributed by atoms with E-state index in [1.165, 1.54) is 23.5 Å². The summed E-state index contributed by atoms with van der Waals surface area (Å²) in [7, 11) is -3.62. The van der Waals surface area contributed by atoms with Crippen LogP contribution in [0.15, 0.2) is 70.2 Å². The maximum Gasteiger partial charge on any atom is 0.229 e. The monoisotopic (exact) mass is 500 g/mol. The molecule has 0 radical (unpaired) electrons. The van der Waals surface area contributed by atoms with Crippen molar-refractivity contribution in [2.75, 3.05) is 10.7 Å². The molecule has 34 heavy (non-hydrogen) atoms. The second kappa shape index (κ2) is 10.1. The van der Waals surface area contributed by atoms with Gasteiger partial charge in [-0.3, -0.25) is 9.69 Å². The second-order valence-corrected chi connectivity index (χ2v) is 11.4. The number of amides is 1. The van der Waals surface area contributed by atoms with Crippen molar-refractivity contribution in [2.45, 2.75) is 44.0 Å². The van der Waals surface area contributed by atoms with Gasteiger partial charge in [0, 0.05) is 6.42 Å². The lowest BCUT2D eigenvalue weighted by molar-refractivity contribution is -0.118. The number of rotatable bonds is 9. The van der Waals surface area contributed by atoms with E-state index in [2.05, 4.69) is 13.8 Å². The molecule has 0 unspecified atom stereocenters. The standard InChI is InChI=1S/C25H25FN2O4S2/c1-17(2)21-7-3-8-22-24(21)27-25(33-22)28(16-19-6-4-14-32-19)23(29)9-5-15-34(30,31)20-12-10-18(26)11-13-20/h3-4,6-8,10-14,17H,5,9,15-16H2,1-2H3. The maximum atomic E-state index is 13.2. The Morgan fingerprint density at radius 3 is 2.56 bits per heavy atom. The Morgan fingerprint density at radius 2 is 1.88 bits per heavy atom. The Morgan fingerprint density at radius 1 is 1.12 bits per heavy atom. The van der Waals surface area contributed by atoms with Crippen LogP contribution >= 0.6 is 11.3 Å². The lowest BCUT2D eigenvalue weighted by Gasteiger charge is -2.18. The van der Waals surface area contributed by atoms with E-state index >= 15 is 0 Å². The minimum Gasteiger partial charge on any atom is -0.467 e. The molecule has 0 aliphatic carbocycles. The van der Waals surface area contributed by atoms with Gasteiger partial charge in [0.1, 0.15) is 11.6 Å². The SMILES string of the molecule is CC(C)c1cccc2sc(N(Cc3ccco3)C(=O)CCCS(=O)(=O)c3ccc(F)cc3)nc12. The first-order valence-electron chi connectivity index (χ1n) is 10.9. The molecule has 9 heteroatoms. The Hall–Kier alpha value is -3.04. The number of furan rings is 1. The van der Waals surface area contributed by atoms with Crippen LogP contribution in [0, 0.1) is 5.82 Å². The van der Waals surface area contributed by atoms with Crippen molar-refractivity contribution in [3.05, 3.63) is 78.0 Å². The molecule has 6 nitrogen and oxygen atoms in total. The van der Waals surface area contributed by atoms with Crippen molar-refractivity contribution in [3.63, 3.8) is 0 Å². The van der Waals surface area contributed by atoms with Crippen LogP contribution in [-0.4, -0.2) is 25.1 Å². The van der Waals surface area contributed by atoms with E-state index in [0.717, 1.165) is 27.9 Å². The molecule has 2 aromatic carbocycles. The van der Waals surface area contributed by atoms with Gasteiger partial charge in [0.15, 0.2) is 15.0 Å². The fraction of sp³-hybridized carbons (Fsp3) is 0.280. The number of para-hydroxylation sites is 1. The van der Waals surface area contributed by atoms with Gasteiger partial charge in [-0.15, -0.1) is 0 Å². The van der Waals surface area contributed by atoms with E-state index in [0.29, 0.717) is 10.9 Å². The minimum atomic E-state index is -3.62. The molecular weight excluding hydrogens is 475 g/mol. The zero-order valence-corrected chi connectivity index (χ0v) is 20.5. The predicted octanol–water partition coefficient (Wildman–Crippen LogP) is 5.94. The van der Waals surface area contributed by atoms with Gasteiger partial charge in [-0.25, -0.2) is 17.8 Å². The number of halogens is 1. The minimum absolute atomic E-state index is 0.0219. The number of sulfone groups is 1. The largest absolute Gasteiger partial charge is 0.467 e. The molecule has 0 bridgehead atoms. The van der Waals surface area contributed by atoms with Crippen LogP contribution in [0.1, 0.15) is 43.9 Å². The van der Waals surface area contributed by atoms with Crippen LogP contribution in [0.4, 0.5) is 9.52 Å². The number of nitrogens with zero attached hydrogens (tertiary/aromatic N) is 2. The number of fused-ring (bicyclic) bond motifs is 1. The average Bonchev–Trinajstić information content (AvgIpc) is 3.46. The topological polar surface area (TPSA) is 80.5 Å². The van der Waals surface area contributed by atoms with Crippen molar-refractivity contribution in [1.82, 2.24) is 4.98 Å². The van der Waals surface area contributed by atoms with Gasteiger partial charge in [-0.05, 0) is 60.4 Å². The molecule has 0 N–H and O–H groups in total. The van der Waals surface area contributed by atoms with E-state index in [-0.39, 0.29) is 41.9 Å². The molecule has 4 rings (SSSR count). The first-order valence-corrected chi connectivity index (χ1v) is 13.4. The maximum absolute atomic E-state index is 13.2. The van der Waals surface area contributed by atoms with Crippen LogP contribution < -0.4 is 4.90 Å². The second-order valence-electron chi connectivity index (χ2n) is 8.28. The molecule has 0 spiro atoms. The third-order valence-corrected chi connectivity index (χ3v) is 8.32. The molecule has 0 aliphatic heterocycles. The zero-order valence-electron chi connectivity index (χ0n) is 18.9. The van der Waals surface area contributed by atoms with Crippen LogP contribution in [0.25, 0.3) is 10.2 Å². The van der Waals surface area contributed by atoms with Gasteiger partial charge in [0.05, 0.1) is 33.7 Å². The van der Waals surface area contributed by atoms with Crippen molar-refractivity contribution in [2.24, 2.45) is 0 Å². The van der Waals surface area contributed by atoms with Crippen LogP contribution in [0.3, 0.4) is 0 Å². The number of carbonyl (C=O) groups is 1. The van der Waals surface area contributed by atoms with Crippen LogP contribution in [0.5, 0.6) is 0 Å². The highest BCUT2D eigenvalue weighted by atomic mass is 32.2. The zero-order chi connectivity index (χ0) is 24.3. The number of aromatic nitrogens is 1. The van der Waals surface area contributed by atoms with Gasteiger partial charge < -0.3 is 4.42 Å². The van der Waals surface area contributed by atoms with Crippen molar-refractivity contribution < 1.29 is 22.0 Å². The highest BCUT2D eigenvalue weighted by Crippen LogP contribution is 2.34. The number of carbonyl (C=O) groups excluding carboxylic acids is 1. The molecule has 0 atom stereocenters. The van der Waals surface area contributed by atoms with E-state index in [1.54, 1.807) is 23.3 Å². The number of hydrogen-bond donors (Lipinski definition) is 0. The first-order chi connectivity index (χ1) is 16.2. The summed E-state index contributed by atoms with van der Waals surface area (Å²) in [5, 5.41) is 0.547. The molecular formula is C25H25FN2O4S2. The molecule has 0 aliphatic rings. The smallest absolute Gasteiger partial charge is 0.229 e. The third-order valence-electron chi connectivity index (χ3n) is 5.46. The molecule has 0 saturated carbocycles. The van der Waals surface area contributed by atoms with Gasteiger partial charge in [-0.1, -0.05) is 37.3 Å². The van der Waals surface area contributed by atoms with Crippen LogP contribution in [0.2, 0.25) is 0 Å². The summed E-state index contributed by atoms with van der Waals surface area (Å²) < 4.78 is 44.7. The highest BCUT2D eigenvalue weighted by Gasteiger charge is 2.23. The summed E-state index contributed by atoms with van der Waals surface area (Å²) in [6, 6.07) is 14.2. The first kappa shape index (κ1) is 24.1. The lowest BCUT2D eigenvalue weighted by Crippen LogP contribution is -2.30. The summed E-state index contributed by atoms with van der Waals surface area (Å²) in [5.74, 6) is -0.0637. The fourth-order valence-electron chi connectivity index (χ4n) is 3.67. The van der Waals surface area contributed by atoms with Gasteiger partial charge >= 0.3 is 0 Å². The molecule has 0 fully saturated rings. The van der Waals surface area contributed by atoms with Crippen LogP contribution in [-0.2, 0) is 21.2 Å². The third kappa shape index (κ3) is 5.37. The average molecular weight is 501 g/mol. The summed E-state index contributed by atoms with van der Waals surface area (Å²) >= 11 is 1.42. The van der Waals surface area contributed by atoms with Gasteiger partial charge in [-0.2, -0.15) is 0 Å². The fourth-order valence-corrected chi connectivity index (χ4v) is 6.00. The predicted molar refractivity (Wildman–Crippen MR) is 131 cm³/mol. The van der Waals surface area contributed by atoms with Gasteiger partial charge in [0.25, 0.3) is 0 Å². The summed E-state index contributed by atoms with van der Waals surface area (Å²) in [4.78, 5) is 19.6. The van der Waals surface area contributed by atoms with E-state index in [9.17, 15) is 17.6 Å². The summed E-state index contributed by atoms with van der Waals surface area (Å²) in [5.41, 5.74) is 1.98. The number of benzene rings is 2. The Bertz CT molecular complexity index is 1380. The molecule has 2 heterocycles. The van der Waals surface area contributed by atoms with Gasteiger partial charge in [0.2, 0.25) is 5.91 Å². The van der Waals surface area contributed by atoms with E-state index in [1.807, 2.05) is 18.2 Å². The normalized spacial score (nSPS) is 11.9. The molecule has 4 aromatic rings. The molecule has 0 saturated heterocycles. The number of anilines is 1. The number of thiazole rings is 1. The van der Waals surface area contributed by atoms with E-state index in [4.69, 9.17) is 9.40 Å². The summed E-state index contributed by atoms with van der Waals surface area (Å²) in [6.07, 6.45) is 1.70. The summed E-state index contributed by atoms with van der Waals surface area (Å²) in [6.45, 7) is 4.40. The Kier molecular flexibility index (Phi) is 7.13. The highest BCUT2D eigenvalue weighted by molar-refractivity contribution is 7.91. The molecule has 178 valence electrons. The Labute approximate surface area is 202 Å². The quantitative estimate of drug-likeness (QED) is 0.266. The van der Waals surface area contributed by atoms with E-state index < -0.39 is 15.7 Å². The lowest BCUT2D eigenvalue weighted by atomic mass is 10.0. The molecule has 1 amide bonds. The van der Waals surface area contributed by atoms with Crippen molar-refractivity contribution in [3.8, 4) is 0 Å². The van der Waals surface area contributed by atoms with Crippen molar-refractivity contribution >= 4 is 42.4 Å².